The van der Waals surface area contributed by atoms with E-state index in [1.54, 1.807) is 24.3 Å². The van der Waals surface area contributed by atoms with Crippen molar-refractivity contribution in [3.63, 3.8) is 0 Å². The van der Waals surface area contributed by atoms with Gasteiger partial charge in [-0.05, 0) is 49.2 Å². The minimum Gasteiger partial charge on any atom is -0.299 e. The van der Waals surface area contributed by atoms with Crippen LogP contribution in [0.5, 0.6) is 0 Å². The van der Waals surface area contributed by atoms with E-state index in [-0.39, 0.29) is 9.79 Å². The molecule has 0 aliphatic rings. The second kappa shape index (κ2) is 7.51. The summed E-state index contributed by atoms with van der Waals surface area (Å²) in [4.78, 5) is 22.2. The lowest BCUT2D eigenvalue weighted by molar-refractivity contribution is -0.115. The molecule has 0 heterocycles. The standard InChI is InChI=1S/C18H18O6S2/c1-13(19)11-25(21,22)17-7-3-15(4-8-17)16-5-9-18(10-6-16)26(23,24)12-14(2)20/h3-10H,11-12H2,1-2H3. The number of ketones is 2. The monoisotopic (exact) mass is 394 g/mol. The van der Waals surface area contributed by atoms with Crippen LogP contribution >= 0.6 is 0 Å². The van der Waals surface area contributed by atoms with E-state index in [1.807, 2.05) is 0 Å². The van der Waals surface area contributed by atoms with E-state index in [0.717, 1.165) is 0 Å². The molecular formula is C18H18O6S2. The highest BCUT2D eigenvalue weighted by molar-refractivity contribution is 7.92. The van der Waals surface area contributed by atoms with Crippen LogP contribution in [0.4, 0.5) is 0 Å². The normalized spacial score (nSPS) is 11.9. The molecule has 0 aliphatic heterocycles. The zero-order valence-corrected chi connectivity index (χ0v) is 15.9. The lowest BCUT2D eigenvalue weighted by Gasteiger charge is -2.07. The third-order valence-corrected chi connectivity index (χ3v) is 7.10. The summed E-state index contributed by atoms with van der Waals surface area (Å²) in [6.07, 6.45) is 0. The fourth-order valence-corrected chi connectivity index (χ4v) is 4.92. The van der Waals surface area contributed by atoms with Gasteiger partial charge in [-0.3, -0.25) is 9.59 Å². The molecule has 2 aromatic carbocycles. The van der Waals surface area contributed by atoms with E-state index < -0.39 is 42.7 Å². The maximum absolute atomic E-state index is 12.0. The lowest BCUT2D eigenvalue weighted by Crippen LogP contribution is -2.13. The first-order chi connectivity index (χ1) is 12.0. The van der Waals surface area contributed by atoms with Crippen LogP contribution in [-0.4, -0.2) is 39.9 Å². The number of hydrogen-bond donors (Lipinski definition) is 0. The molecule has 0 aromatic heterocycles. The summed E-state index contributed by atoms with van der Waals surface area (Å²) in [6, 6.07) is 12.0. The van der Waals surface area contributed by atoms with E-state index in [0.29, 0.717) is 11.1 Å². The molecule has 6 nitrogen and oxygen atoms in total. The topological polar surface area (TPSA) is 102 Å². The molecule has 8 heteroatoms. The molecule has 2 rings (SSSR count). The molecule has 0 bridgehead atoms. The SMILES string of the molecule is CC(=O)CS(=O)(=O)c1ccc(-c2ccc(S(=O)(=O)CC(C)=O)cc2)cc1. The van der Waals surface area contributed by atoms with Gasteiger partial charge in [0.1, 0.15) is 23.1 Å². The van der Waals surface area contributed by atoms with Gasteiger partial charge in [0.05, 0.1) is 9.79 Å². The van der Waals surface area contributed by atoms with Gasteiger partial charge in [-0.15, -0.1) is 0 Å². The Morgan fingerprint density at radius 1 is 0.615 bits per heavy atom. The summed E-state index contributed by atoms with van der Waals surface area (Å²) in [7, 11) is -7.31. The smallest absolute Gasteiger partial charge is 0.185 e. The largest absolute Gasteiger partial charge is 0.299 e. The van der Waals surface area contributed by atoms with Gasteiger partial charge in [-0.1, -0.05) is 24.3 Å². The van der Waals surface area contributed by atoms with Crippen molar-refractivity contribution in [2.75, 3.05) is 11.5 Å². The first-order valence-electron chi connectivity index (χ1n) is 7.66. The predicted octanol–water partition coefficient (Wildman–Crippen LogP) is 2.08. The van der Waals surface area contributed by atoms with Crippen LogP contribution in [0.1, 0.15) is 13.8 Å². The number of carbonyl (C=O) groups excluding carboxylic acids is 2. The maximum Gasteiger partial charge on any atom is 0.185 e. The van der Waals surface area contributed by atoms with Crippen molar-refractivity contribution in [1.29, 1.82) is 0 Å². The molecule has 0 radical (unpaired) electrons. The van der Waals surface area contributed by atoms with Crippen molar-refractivity contribution >= 4 is 31.2 Å². The Bertz CT molecular complexity index is 944. The Balaban J connectivity index is 2.28. The molecule has 26 heavy (non-hydrogen) atoms. The molecular weight excluding hydrogens is 376 g/mol. The number of Topliss-reactive ketones (excluding diaryl/α,β-unsaturated/α-hetero) is 2. The summed E-state index contributed by atoms with van der Waals surface area (Å²) in [5.41, 5.74) is 1.39. The van der Waals surface area contributed by atoms with Gasteiger partial charge in [0, 0.05) is 0 Å². The molecule has 0 saturated carbocycles. The van der Waals surface area contributed by atoms with Gasteiger partial charge >= 0.3 is 0 Å². The highest BCUT2D eigenvalue weighted by Gasteiger charge is 2.18. The third-order valence-electron chi connectivity index (χ3n) is 3.55. The van der Waals surface area contributed by atoms with Gasteiger partial charge in [0.15, 0.2) is 19.7 Å². The fourth-order valence-electron chi connectivity index (χ4n) is 2.41. The van der Waals surface area contributed by atoms with Crippen molar-refractivity contribution in [1.82, 2.24) is 0 Å². The Morgan fingerprint density at radius 3 is 1.12 bits per heavy atom. The summed E-state index contributed by atoms with van der Waals surface area (Å²) in [5, 5.41) is 0. The van der Waals surface area contributed by atoms with Gasteiger partial charge in [0.2, 0.25) is 0 Å². The van der Waals surface area contributed by atoms with Crippen LogP contribution in [0.15, 0.2) is 58.3 Å². The Hall–Kier alpha value is -2.32. The number of rotatable bonds is 7. The molecule has 0 aliphatic carbocycles. The number of carbonyl (C=O) groups is 2. The summed E-state index contributed by atoms with van der Waals surface area (Å²) < 4.78 is 48.1. The minimum absolute atomic E-state index is 0.0529. The summed E-state index contributed by atoms with van der Waals surface area (Å²) in [5.74, 6) is -1.96. The van der Waals surface area contributed by atoms with Gasteiger partial charge in [-0.2, -0.15) is 0 Å². The van der Waals surface area contributed by atoms with E-state index in [4.69, 9.17) is 0 Å². The first-order valence-corrected chi connectivity index (χ1v) is 11.0. The maximum atomic E-state index is 12.0. The Morgan fingerprint density at radius 2 is 0.885 bits per heavy atom. The van der Waals surface area contributed by atoms with Crippen LogP contribution in [-0.2, 0) is 29.3 Å². The van der Waals surface area contributed by atoms with Crippen LogP contribution in [0.25, 0.3) is 11.1 Å². The Labute approximate surface area is 152 Å². The fraction of sp³-hybridized carbons (Fsp3) is 0.222. The molecule has 0 amide bonds. The molecule has 0 unspecified atom stereocenters. The number of benzene rings is 2. The minimum atomic E-state index is -3.66. The quantitative estimate of drug-likeness (QED) is 0.712. The lowest BCUT2D eigenvalue weighted by atomic mass is 10.1. The van der Waals surface area contributed by atoms with Crippen molar-refractivity contribution in [2.45, 2.75) is 23.6 Å². The van der Waals surface area contributed by atoms with E-state index >= 15 is 0 Å². The average Bonchev–Trinajstić information content (AvgIpc) is 2.53. The van der Waals surface area contributed by atoms with Crippen molar-refractivity contribution < 1.29 is 26.4 Å². The van der Waals surface area contributed by atoms with Crippen LogP contribution in [0, 0.1) is 0 Å². The van der Waals surface area contributed by atoms with E-state index in [1.165, 1.54) is 38.1 Å². The van der Waals surface area contributed by atoms with Gasteiger partial charge in [-0.25, -0.2) is 16.8 Å². The number of sulfone groups is 2. The highest BCUT2D eigenvalue weighted by Crippen LogP contribution is 2.24. The number of hydrogen-bond acceptors (Lipinski definition) is 6. The van der Waals surface area contributed by atoms with E-state index in [9.17, 15) is 26.4 Å². The van der Waals surface area contributed by atoms with Crippen molar-refractivity contribution in [3.05, 3.63) is 48.5 Å². The summed E-state index contributed by atoms with van der Waals surface area (Å²) in [6.45, 7) is 2.43. The average molecular weight is 394 g/mol. The predicted molar refractivity (Wildman–Crippen MR) is 97.3 cm³/mol. The zero-order valence-electron chi connectivity index (χ0n) is 14.3. The molecule has 0 N–H and O–H groups in total. The molecule has 0 spiro atoms. The van der Waals surface area contributed by atoms with Crippen molar-refractivity contribution in [3.8, 4) is 11.1 Å². The van der Waals surface area contributed by atoms with E-state index in [2.05, 4.69) is 0 Å². The highest BCUT2D eigenvalue weighted by atomic mass is 32.2. The van der Waals surface area contributed by atoms with Gasteiger partial charge in [0.25, 0.3) is 0 Å². The molecule has 0 saturated heterocycles. The first kappa shape index (κ1) is 20.0. The molecule has 0 fully saturated rings. The second-order valence-electron chi connectivity index (χ2n) is 5.97. The molecule has 2 aromatic rings. The van der Waals surface area contributed by atoms with Crippen LogP contribution < -0.4 is 0 Å². The zero-order chi connectivity index (χ0) is 19.5. The summed E-state index contributed by atoms with van der Waals surface area (Å²) >= 11 is 0. The van der Waals surface area contributed by atoms with Crippen molar-refractivity contribution in [2.24, 2.45) is 0 Å². The van der Waals surface area contributed by atoms with Gasteiger partial charge < -0.3 is 0 Å². The second-order valence-corrected chi connectivity index (χ2v) is 9.95. The Kier molecular flexibility index (Phi) is 5.77. The molecule has 0 atom stereocenters. The van der Waals surface area contributed by atoms with Crippen LogP contribution in [0.2, 0.25) is 0 Å². The third kappa shape index (κ3) is 4.86. The van der Waals surface area contributed by atoms with Crippen LogP contribution in [0.3, 0.4) is 0 Å². The molecule has 138 valence electrons.